The molecule has 0 saturated heterocycles. The monoisotopic (exact) mass is 1710 g/mol. The fourth-order valence-electron chi connectivity index (χ4n) is 22.4. The number of nitrogens with zero attached hydrogens (tertiary/aromatic N) is 8. The van der Waals surface area contributed by atoms with E-state index in [1.807, 2.05) is 0 Å². The van der Waals surface area contributed by atoms with Crippen LogP contribution in [0.3, 0.4) is 0 Å². The van der Waals surface area contributed by atoms with Gasteiger partial charge in [0, 0.05) is 66.8 Å². The van der Waals surface area contributed by atoms with Gasteiger partial charge in [0.25, 0.3) is 23.3 Å². The van der Waals surface area contributed by atoms with Crippen molar-refractivity contribution in [2.75, 3.05) is 0 Å². The van der Waals surface area contributed by atoms with Crippen molar-refractivity contribution < 1.29 is 18.3 Å². The lowest BCUT2D eigenvalue weighted by Gasteiger charge is -2.29. The van der Waals surface area contributed by atoms with Gasteiger partial charge in [-0.25, -0.2) is 18.3 Å². The van der Waals surface area contributed by atoms with Crippen molar-refractivity contribution in [2.24, 2.45) is 11.8 Å². The van der Waals surface area contributed by atoms with Crippen LogP contribution in [-0.4, -0.2) is 18.3 Å². The number of hydrogen-bond acceptors (Lipinski definition) is 0. The SMILES string of the molecule is CC(C)Cc1cc(-c2ccccc2)cc(CC(C)C)c1-n1cc[n+]2c1-c1ccccc1C2.CC(C)c1cc(-c2ccccc2)cc(C(C)C)c1-n1cc[n+]2c1-c1ccccc1C2.Cc1cc(C)cc(-c2cc(C(C)C)c(-n3cc[n+]4c3-c3ccccc3C4)c(C(C)C)c2)c1.c1ccc(-c2cc(C3CCCCC3)c(-n3cc[n+]4c3-c3ccccc3C4)c(C3CCCCC3)c2)cc1. The highest BCUT2D eigenvalue weighted by atomic mass is 15.2. The Balaban J connectivity index is 0.000000113. The van der Waals surface area contributed by atoms with Crippen molar-refractivity contribution in [3.8, 4) is 113 Å². The summed E-state index contributed by atoms with van der Waals surface area (Å²) in [4.78, 5) is 0. The smallest absolute Gasteiger partial charge is 0.225 e. The standard InChI is InChI=1S/C34H37N2.2C30H33N2.C28H29N2/c1-4-12-25(13-5-1)29-22-31(26-14-6-2-7-15-26)33(32(23-29)27-16-8-3-9-17-27)36-21-20-35-24-28-18-10-11-19-30(28)34(35)36;1-19(2)27-16-25(24-14-21(5)13-22(6)15-24)17-28(20(3)4)29(27)32-12-11-31-18-23-9-7-8-10-26(23)30(31)32;1-21(2)16-26-18-25(23-10-6-5-7-11-23)19-27(17-22(3)4)29(26)32-15-14-31-20-24-12-8-9-13-28(24)30(31)32;1-19(2)25-16-23(21-10-6-5-7-11-21)17-26(20(3)4)27(25)30-15-14-29-18-22-12-8-9-13-24(22)28(29)30/h1,4-5,10-13,18-23,26-27H,2-3,6-9,14-17,24H2;7-17,19-20H,18H2,1-6H3;5-15,18-19,21-22H,16-17,20H2,1-4H3;5-17,19-20H,18H2,1-4H3/q4*+1. The molecule has 12 aromatic carbocycles. The summed E-state index contributed by atoms with van der Waals surface area (Å²) in [6.07, 6.45) is 33.8. The number of fused-ring (bicyclic) bond motifs is 12. The number of hydrogen-bond donors (Lipinski definition) is 0. The Morgan fingerprint density at radius 2 is 0.523 bits per heavy atom. The summed E-state index contributed by atoms with van der Waals surface area (Å²) >= 11 is 0. The Morgan fingerprint density at radius 3 is 0.831 bits per heavy atom. The number of aromatic nitrogens is 8. The van der Waals surface area contributed by atoms with E-state index in [1.54, 1.807) is 11.1 Å². The van der Waals surface area contributed by atoms with Crippen LogP contribution in [0.2, 0.25) is 0 Å². The van der Waals surface area contributed by atoms with Gasteiger partial charge in [0.2, 0.25) is 0 Å². The van der Waals surface area contributed by atoms with Crippen LogP contribution in [0.15, 0.2) is 304 Å². The van der Waals surface area contributed by atoms with Gasteiger partial charge in [0.15, 0.2) is 0 Å². The molecule has 4 aromatic heterocycles. The van der Waals surface area contributed by atoms with E-state index in [2.05, 4.69) is 438 Å². The maximum Gasteiger partial charge on any atom is 0.294 e. The average Bonchev–Trinajstić information content (AvgIpc) is 1.61. The zero-order valence-corrected chi connectivity index (χ0v) is 79.4. The summed E-state index contributed by atoms with van der Waals surface area (Å²) in [5, 5.41) is 0. The molecular weight excluding hydrogens is 1580 g/mol. The second-order valence-electron chi connectivity index (χ2n) is 40.2. The molecule has 6 aliphatic rings. The maximum atomic E-state index is 2.59. The average molecular weight is 1710 g/mol. The minimum absolute atomic E-state index is 0.424. The summed E-state index contributed by atoms with van der Waals surface area (Å²) in [7, 11) is 0. The molecule has 2 fully saturated rings. The highest BCUT2D eigenvalue weighted by Crippen LogP contribution is 2.49. The van der Waals surface area contributed by atoms with E-state index in [0.717, 1.165) is 39.0 Å². The predicted molar refractivity (Wildman–Crippen MR) is 538 cm³/mol. The summed E-state index contributed by atoms with van der Waals surface area (Å²) in [6.45, 7) is 36.0. The minimum atomic E-state index is 0.424. The normalized spacial score (nSPS) is 14.1. The first-order valence-electron chi connectivity index (χ1n) is 49.0. The molecule has 2 saturated carbocycles. The molecule has 0 atom stereocenters. The zero-order chi connectivity index (χ0) is 89.5. The van der Waals surface area contributed by atoms with E-state index in [4.69, 9.17) is 0 Å². The van der Waals surface area contributed by atoms with Crippen molar-refractivity contribution in [3.05, 3.63) is 382 Å². The third-order valence-electron chi connectivity index (χ3n) is 28.4. The molecule has 0 N–H and O–H groups in total. The van der Waals surface area contributed by atoms with Crippen LogP contribution in [0.25, 0.3) is 113 Å². The van der Waals surface area contributed by atoms with E-state index >= 15 is 0 Å². The van der Waals surface area contributed by atoms with Gasteiger partial charge in [-0.15, -0.1) is 0 Å². The summed E-state index contributed by atoms with van der Waals surface area (Å²) < 4.78 is 19.6. The highest BCUT2D eigenvalue weighted by Gasteiger charge is 2.40. The second-order valence-corrected chi connectivity index (χ2v) is 40.2. The van der Waals surface area contributed by atoms with Crippen molar-refractivity contribution in [1.29, 1.82) is 0 Å². The van der Waals surface area contributed by atoms with Crippen molar-refractivity contribution >= 4 is 0 Å². The molecule has 0 radical (unpaired) electrons. The molecule has 4 aliphatic heterocycles. The van der Waals surface area contributed by atoms with Crippen molar-refractivity contribution in [2.45, 2.75) is 236 Å². The van der Waals surface area contributed by atoms with E-state index in [9.17, 15) is 0 Å². The van der Waals surface area contributed by atoms with Crippen molar-refractivity contribution in [3.63, 3.8) is 0 Å². The Hall–Kier alpha value is -12.5. The second kappa shape index (κ2) is 37.5. The Labute approximate surface area is 774 Å². The Bertz CT molecular complexity index is 6630. The van der Waals surface area contributed by atoms with Crippen LogP contribution >= 0.6 is 0 Å². The quantitative estimate of drug-likeness (QED) is 0.0768. The summed E-state index contributed by atoms with van der Waals surface area (Å²) in [5.41, 5.74) is 41.7. The molecule has 130 heavy (non-hydrogen) atoms. The van der Waals surface area contributed by atoms with E-state index in [1.165, 1.54) is 244 Å². The lowest BCUT2D eigenvalue weighted by atomic mass is 9.77. The van der Waals surface area contributed by atoms with Crippen LogP contribution in [-0.2, 0) is 39.0 Å². The Kier molecular flexibility index (Phi) is 25.1. The van der Waals surface area contributed by atoms with Gasteiger partial charge in [-0.3, -0.25) is 0 Å². The molecule has 656 valence electrons. The molecule has 22 rings (SSSR count). The summed E-state index contributed by atoms with van der Waals surface area (Å²) in [5.74, 6) is 9.47. The number of imidazole rings is 4. The Morgan fingerprint density at radius 1 is 0.262 bits per heavy atom. The molecular formula is C122H132N8+4. The van der Waals surface area contributed by atoms with Gasteiger partial charge < -0.3 is 0 Å². The first-order chi connectivity index (χ1) is 63.2. The molecule has 0 amide bonds. The molecule has 8 nitrogen and oxygen atoms in total. The number of aryl methyl sites for hydroxylation is 2. The van der Waals surface area contributed by atoms with E-state index in [-0.39, 0.29) is 0 Å². The first-order valence-corrected chi connectivity index (χ1v) is 49.0. The van der Waals surface area contributed by atoms with Gasteiger partial charge in [0.1, 0.15) is 98.5 Å². The molecule has 8 heterocycles. The zero-order valence-electron chi connectivity index (χ0n) is 79.4. The largest absolute Gasteiger partial charge is 0.294 e. The molecule has 2 aliphatic carbocycles. The van der Waals surface area contributed by atoms with Gasteiger partial charge >= 0.3 is 0 Å². The fraction of sp³-hybridized carbons (Fsp3) is 0.311. The lowest BCUT2D eigenvalue weighted by molar-refractivity contribution is -0.671. The fourth-order valence-corrected chi connectivity index (χ4v) is 22.4. The number of rotatable bonds is 18. The lowest BCUT2D eigenvalue weighted by Crippen LogP contribution is -2.30. The van der Waals surface area contributed by atoms with Crippen LogP contribution in [0.4, 0.5) is 0 Å². The van der Waals surface area contributed by atoms with Crippen molar-refractivity contribution in [1.82, 2.24) is 18.3 Å². The first kappa shape index (κ1) is 86.8. The maximum absolute atomic E-state index is 2.59. The third kappa shape index (κ3) is 17.3. The van der Waals surface area contributed by atoms with Crippen LogP contribution in [0, 0.1) is 25.7 Å². The van der Waals surface area contributed by atoms with Gasteiger partial charge in [0.05, 0.1) is 22.3 Å². The molecule has 0 spiro atoms. The summed E-state index contributed by atoms with van der Waals surface area (Å²) in [6, 6.07) is 94.7. The molecule has 8 heteroatoms. The van der Waals surface area contributed by atoms with Crippen LogP contribution in [0.5, 0.6) is 0 Å². The third-order valence-corrected chi connectivity index (χ3v) is 28.4. The highest BCUT2D eigenvalue weighted by molar-refractivity contribution is 5.78. The van der Waals surface area contributed by atoms with Gasteiger partial charge in [-0.1, -0.05) is 315 Å². The van der Waals surface area contributed by atoms with E-state index in [0.29, 0.717) is 47.3 Å². The van der Waals surface area contributed by atoms with Crippen LogP contribution < -0.4 is 18.3 Å². The molecule has 16 aromatic rings. The van der Waals surface area contributed by atoms with Gasteiger partial charge in [-0.2, -0.15) is 18.3 Å². The topological polar surface area (TPSA) is 35.2 Å². The van der Waals surface area contributed by atoms with Crippen LogP contribution in [0.1, 0.15) is 261 Å². The molecule has 0 bridgehead atoms. The van der Waals surface area contributed by atoms with Gasteiger partial charge in [-0.05, 0) is 217 Å². The number of benzene rings is 12. The molecule has 0 unspecified atom stereocenters. The predicted octanol–water partition coefficient (Wildman–Crippen LogP) is 29.4. The minimum Gasteiger partial charge on any atom is -0.225 e. The van der Waals surface area contributed by atoms with E-state index < -0.39 is 0 Å².